The minimum absolute atomic E-state index is 0.0409. The van der Waals surface area contributed by atoms with Crippen molar-refractivity contribution < 1.29 is 0 Å². The molecule has 5 nitrogen and oxygen atoms in total. The Hall–Kier alpha value is -4.48. The molecule has 6 aromatic rings. The summed E-state index contributed by atoms with van der Waals surface area (Å²) in [5.74, 6) is 0. The van der Waals surface area contributed by atoms with E-state index in [1.807, 2.05) is 47.0 Å². The Bertz CT molecular complexity index is 1730. The number of benzene rings is 3. The van der Waals surface area contributed by atoms with E-state index in [1.54, 1.807) is 0 Å². The van der Waals surface area contributed by atoms with Gasteiger partial charge >= 0.3 is 0 Å². The highest BCUT2D eigenvalue weighted by Crippen LogP contribution is 2.36. The van der Waals surface area contributed by atoms with E-state index in [0.717, 1.165) is 37.8 Å². The summed E-state index contributed by atoms with van der Waals surface area (Å²) in [4.78, 5) is 9.09. The molecule has 0 aliphatic carbocycles. The lowest BCUT2D eigenvalue weighted by molar-refractivity contribution is 1.14. The average Bonchev–Trinajstić information content (AvgIpc) is 3.17. The van der Waals surface area contributed by atoms with Crippen LogP contribution in [-0.2, 0) is 0 Å². The van der Waals surface area contributed by atoms with Gasteiger partial charge in [-0.15, -0.1) is 0 Å². The molecule has 0 spiro atoms. The van der Waals surface area contributed by atoms with E-state index < -0.39 is 0 Å². The molecule has 0 saturated heterocycles. The normalized spacial score (nSPS) is 11.4. The van der Waals surface area contributed by atoms with Crippen molar-refractivity contribution in [2.24, 2.45) is 0 Å². The first-order valence-electron chi connectivity index (χ1n) is 9.15. The molecule has 0 radical (unpaired) electrons. The van der Waals surface area contributed by atoms with E-state index in [2.05, 4.69) is 46.4 Å². The van der Waals surface area contributed by atoms with Gasteiger partial charge in [-0.1, -0.05) is 48.5 Å². The summed E-state index contributed by atoms with van der Waals surface area (Å²) in [6.07, 6.45) is 2.02. The Balaban J connectivity index is 2.00. The summed E-state index contributed by atoms with van der Waals surface area (Å²) in [5, 5.41) is 25.3. The van der Waals surface area contributed by atoms with Crippen LogP contribution in [0.2, 0.25) is 0 Å². The number of nitrogens with zero attached hydrogens (tertiary/aromatic N) is 5. The number of fused-ring (bicyclic) bond motifs is 9. The third-order valence-electron chi connectivity index (χ3n) is 5.44. The van der Waals surface area contributed by atoms with Crippen LogP contribution in [0.4, 0.5) is 0 Å². The minimum Gasteiger partial charge on any atom is -0.298 e. The van der Waals surface area contributed by atoms with Crippen LogP contribution in [0, 0.1) is 22.7 Å². The first-order chi connectivity index (χ1) is 14.3. The fraction of sp³-hybridized carbons (Fsp3) is 0. The number of nitriles is 2. The maximum atomic E-state index is 9.47. The van der Waals surface area contributed by atoms with Gasteiger partial charge in [0.2, 0.25) is 0 Å². The fourth-order valence-electron chi connectivity index (χ4n) is 4.16. The smallest absolute Gasteiger partial charge is 0.179 e. The summed E-state index contributed by atoms with van der Waals surface area (Å²) in [6.45, 7) is 0. The molecule has 0 unspecified atom stereocenters. The van der Waals surface area contributed by atoms with Gasteiger partial charge in [0.25, 0.3) is 0 Å². The van der Waals surface area contributed by atoms with E-state index in [9.17, 15) is 10.5 Å². The summed E-state index contributed by atoms with van der Waals surface area (Å²) < 4.78 is 1.99. The zero-order chi connectivity index (χ0) is 19.5. The van der Waals surface area contributed by atoms with Crippen LogP contribution in [0.3, 0.4) is 0 Å². The molecule has 0 N–H and O–H groups in total. The Morgan fingerprint density at radius 2 is 1.31 bits per heavy atom. The van der Waals surface area contributed by atoms with E-state index in [1.165, 1.54) is 0 Å². The SMILES string of the molecule is N#Cc1nc2c3cc4ccccc4cc3c3c4ccccc4cn3c2nc1C#N. The van der Waals surface area contributed by atoms with Crippen LogP contribution >= 0.6 is 0 Å². The zero-order valence-corrected chi connectivity index (χ0v) is 15.1. The largest absolute Gasteiger partial charge is 0.298 e. The van der Waals surface area contributed by atoms with Crippen LogP contribution in [-0.4, -0.2) is 14.4 Å². The predicted molar refractivity (Wildman–Crippen MR) is 112 cm³/mol. The predicted octanol–water partition coefficient (Wildman–Crippen LogP) is 5.09. The third-order valence-corrected chi connectivity index (χ3v) is 5.44. The quantitative estimate of drug-likeness (QED) is 0.276. The van der Waals surface area contributed by atoms with Crippen LogP contribution in [0.1, 0.15) is 11.4 Å². The highest BCUT2D eigenvalue weighted by Gasteiger charge is 2.18. The van der Waals surface area contributed by atoms with Crippen molar-refractivity contribution >= 4 is 49.0 Å². The third kappa shape index (κ3) is 2.02. The summed E-state index contributed by atoms with van der Waals surface area (Å²) >= 11 is 0. The Labute approximate surface area is 164 Å². The van der Waals surface area contributed by atoms with Gasteiger partial charge in [-0.25, -0.2) is 9.97 Å². The number of hydrogen-bond donors (Lipinski definition) is 0. The van der Waals surface area contributed by atoms with E-state index in [0.29, 0.717) is 11.2 Å². The molecule has 132 valence electrons. The van der Waals surface area contributed by atoms with E-state index in [-0.39, 0.29) is 11.4 Å². The van der Waals surface area contributed by atoms with Crippen molar-refractivity contribution in [3.8, 4) is 12.1 Å². The number of rotatable bonds is 0. The molecule has 3 aromatic heterocycles. The van der Waals surface area contributed by atoms with Crippen LogP contribution in [0.5, 0.6) is 0 Å². The van der Waals surface area contributed by atoms with Gasteiger partial charge in [-0.05, 0) is 22.9 Å². The summed E-state index contributed by atoms with van der Waals surface area (Å²) in [7, 11) is 0. The lowest BCUT2D eigenvalue weighted by atomic mass is 10.0. The summed E-state index contributed by atoms with van der Waals surface area (Å²) in [6, 6.07) is 24.6. The van der Waals surface area contributed by atoms with Crippen molar-refractivity contribution in [2.75, 3.05) is 0 Å². The van der Waals surface area contributed by atoms with Crippen LogP contribution in [0.15, 0.2) is 66.9 Å². The zero-order valence-electron chi connectivity index (χ0n) is 15.1. The van der Waals surface area contributed by atoms with Gasteiger partial charge in [0.1, 0.15) is 17.7 Å². The molecule has 3 heterocycles. The first kappa shape index (κ1) is 15.6. The lowest BCUT2D eigenvalue weighted by Gasteiger charge is -2.10. The molecular weight excluding hydrogens is 358 g/mol. The fourth-order valence-corrected chi connectivity index (χ4v) is 4.16. The second kappa shape index (κ2) is 5.51. The van der Waals surface area contributed by atoms with Crippen molar-refractivity contribution in [1.82, 2.24) is 14.4 Å². The molecule has 0 fully saturated rings. The number of pyridine rings is 1. The first-order valence-corrected chi connectivity index (χ1v) is 9.15. The Morgan fingerprint density at radius 3 is 2.03 bits per heavy atom. The minimum atomic E-state index is 0.0409. The Morgan fingerprint density at radius 1 is 0.690 bits per heavy atom. The monoisotopic (exact) mass is 369 g/mol. The molecule has 5 heteroatoms. The van der Waals surface area contributed by atoms with Crippen LogP contribution < -0.4 is 0 Å². The lowest BCUT2D eigenvalue weighted by Crippen LogP contribution is -2.01. The van der Waals surface area contributed by atoms with Crippen molar-refractivity contribution in [3.63, 3.8) is 0 Å². The standard InChI is InChI=1S/C24H11N5/c25-11-20-21(12-26)28-24-22(27-20)18-9-14-5-1-2-6-15(14)10-19(18)23-17-8-4-3-7-16(17)13-29(23)24/h1-10,13H. The second-order valence-electron chi connectivity index (χ2n) is 7.00. The highest BCUT2D eigenvalue weighted by atomic mass is 15.0. The summed E-state index contributed by atoms with van der Waals surface area (Å²) in [5.41, 5.74) is 2.31. The molecule has 29 heavy (non-hydrogen) atoms. The molecular formula is C24H11N5. The second-order valence-corrected chi connectivity index (χ2v) is 7.00. The van der Waals surface area contributed by atoms with E-state index >= 15 is 0 Å². The van der Waals surface area contributed by atoms with Crippen molar-refractivity contribution in [2.45, 2.75) is 0 Å². The van der Waals surface area contributed by atoms with Gasteiger partial charge in [0.05, 0.1) is 5.52 Å². The van der Waals surface area contributed by atoms with Crippen molar-refractivity contribution in [3.05, 3.63) is 78.2 Å². The molecule has 0 aliphatic heterocycles. The molecule has 0 bridgehead atoms. The molecule has 0 saturated carbocycles. The number of hydrogen-bond acceptors (Lipinski definition) is 4. The molecule has 6 rings (SSSR count). The van der Waals surface area contributed by atoms with E-state index in [4.69, 9.17) is 0 Å². The van der Waals surface area contributed by atoms with Gasteiger partial charge in [-0.3, -0.25) is 4.40 Å². The van der Waals surface area contributed by atoms with Crippen LogP contribution in [0.25, 0.3) is 49.0 Å². The van der Waals surface area contributed by atoms with Crippen molar-refractivity contribution in [1.29, 1.82) is 10.5 Å². The van der Waals surface area contributed by atoms with Gasteiger partial charge in [0, 0.05) is 27.7 Å². The Kier molecular flexibility index (Phi) is 2.96. The highest BCUT2D eigenvalue weighted by molar-refractivity contribution is 6.20. The maximum absolute atomic E-state index is 9.47. The molecule has 0 aliphatic rings. The average molecular weight is 369 g/mol. The molecule has 3 aromatic carbocycles. The van der Waals surface area contributed by atoms with Gasteiger partial charge in [-0.2, -0.15) is 10.5 Å². The molecule has 0 amide bonds. The molecule has 0 atom stereocenters. The maximum Gasteiger partial charge on any atom is 0.179 e. The van der Waals surface area contributed by atoms with Gasteiger partial charge < -0.3 is 0 Å². The number of aromatic nitrogens is 3. The van der Waals surface area contributed by atoms with Gasteiger partial charge in [0.15, 0.2) is 17.0 Å². The topological polar surface area (TPSA) is 77.8 Å².